The summed E-state index contributed by atoms with van der Waals surface area (Å²) >= 11 is 0. The van der Waals surface area contributed by atoms with Crippen molar-refractivity contribution in [3.8, 4) is 5.75 Å². The molecule has 0 saturated carbocycles. The van der Waals surface area contributed by atoms with Gasteiger partial charge < -0.3 is 14.4 Å². The Hall–Kier alpha value is -2.40. The molecular weight excluding hydrogens is 326 g/mol. The molecule has 26 heavy (non-hydrogen) atoms. The lowest BCUT2D eigenvalue weighted by Gasteiger charge is -2.28. The van der Waals surface area contributed by atoms with Crippen LogP contribution in [0.1, 0.15) is 37.0 Å². The number of anilines is 1. The normalized spacial score (nSPS) is 17.6. The second-order valence-corrected chi connectivity index (χ2v) is 6.82. The van der Waals surface area contributed by atoms with Gasteiger partial charge >= 0.3 is 0 Å². The molecule has 0 aliphatic carbocycles. The summed E-state index contributed by atoms with van der Waals surface area (Å²) in [4.78, 5) is 11.6. The number of morpholine rings is 1. The average molecular weight is 351 g/mol. The van der Waals surface area contributed by atoms with Crippen molar-refractivity contribution in [1.29, 1.82) is 0 Å². The molecule has 0 N–H and O–H groups in total. The van der Waals surface area contributed by atoms with Crippen LogP contribution in [0.4, 0.5) is 5.82 Å². The molecular formula is C21H25N3O2. The van der Waals surface area contributed by atoms with E-state index >= 15 is 0 Å². The van der Waals surface area contributed by atoms with Gasteiger partial charge in [-0.05, 0) is 43.2 Å². The molecule has 1 saturated heterocycles. The maximum Gasteiger partial charge on any atom is 0.129 e. The van der Waals surface area contributed by atoms with Crippen molar-refractivity contribution in [2.24, 2.45) is 4.99 Å². The highest BCUT2D eigenvalue weighted by Crippen LogP contribution is 2.28. The summed E-state index contributed by atoms with van der Waals surface area (Å²) in [5.41, 5.74) is 4.57. The molecule has 0 spiro atoms. The molecule has 2 aromatic rings. The summed E-state index contributed by atoms with van der Waals surface area (Å²) in [6.45, 7) is 8.23. The molecule has 5 heteroatoms. The number of pyridine rings is 1. The van der Waals surface area contributed by atoms with Crippen molar-refractivity contribution in [3.63, 3.8) is 0 Å². The van der Waals surface area contributed by atoms with Crippen LogP contribution in [0, 0.1) is 0 Å². The van der Waals surface area contributed by atoms with Crippen LogP contribution in [0.3, 0.4) is 0 Å². The van der Waals surface area contributed by atoms with Gasteiger partial charge in [0.25, 0.3) is 0 Å². The van der Waals surface area contributed by atoms with Gasteiger partial charge in [-0.2, -0.15) is 0 Å². The number of benzene rings is 1. The molecule has 1 fully saturated rings. The topological polar surface area (TPSA) is 47.0 Å². The fraction of sp³-hybridized carbons (Fsp3) is 0.429. The lowest BCUT2D eigenvalue weighted by atomic mass is 10.0. The smallest absolute Gasteiger partial charge is 0.129 e. The number of aliphatic imine (C=N–C) groups is 1. The molecule has 0 radical (unpaired) electrons. The Kier molecular flexibility index (Phi) is 4.89. The van der Waals surface area contributed by atoms with Gasteiger partial charge in [-0.15, -0.1) is 0 Å². The molecule has 4 rings (SSSR count). The quantitative estimate of drug-likeness (QED) is 0.828. The summed E-state index contributed by atoms with van der Waals surface area (Å²) in [5, 5.41) is 0. The first-order chi connectivity index (χ1) is 12.7. The predicted molar refractivity (Wildman–Crippen MR) is 103 cm³/mol. The van der Waals surface area contributed by atoms with E-state index in [-0.39, 0.29) is 6.10 Å². The van der Waals surface area contributed by atoms with Crippen molar-refractivity contribution < 1.29 is 9.47 Å². The third-order valence-corrected chi connectivity index (χ3v) is 5.01. The van der Waals surface area contributed by atoms with Crippen LogP contribution in [-0.2, 0) is 11.3 Å². The highest BCUT2D eigenvalue weighted by Gasteiger charge is 2.20. The molecule has 1 aromatic heterocycles. The number of hydrogen-bond acceptors (Lipinski definition) is 5. The zero-order valence-corrected chi connectivity index (χ0v) is 15.4. The van der Waals surface area contributed by atoms with E-state index in [9.17, 15) is 0 Å². The SMILES string of the molecule is CCC(C)Oc1ccc2c(c1)C(c1ccnc(N3CCOCC3)c1)=NC2. The molecule has 3 heterocycles. The van der Waals surface area contributed by atoms with Gasteiger partial charge in [-0.25, -0.2) is 4.98 Å². The molecule has 1 aromatic carbocycles. The van der Waals surface area contributed by atoms with E-state index in [1.165, 1.54) is 11.1 Å². The molecule has 136 valence electrons. The van der Waals surface area contributed by atoms with Gasteiger partial charge in [0.1, 0.15) is 11.6 Å². The highest BCUT2D eigenvalue weighted by molar-refractivity contribution is 6.15. The maximum absolute atomic E-state index is 6.00. The Balaban J connectivity index is 1.61. The van der Waals surface area contributed by atoms with Crippen molar-refractivity contribution in [1.82, 2.24) is 4.98 Å². The van der Waals surface area contributed by atoms with E-state index in [4.69, 9.17) is 14.5 Å². The lowest BCUT2D eigenvalue weighted by Crippen LogP contribution is -2.36. The molecule has 1 atom stereocenters. The summed E-state index contributed by atoms with van der Waals surface area (Å²) in [5.74, 6) is 1.91. The van der Waals surface area contributed by atoms with E-state index in [1.807, 2.05) is 12.3 Å². The Morgan fingerprint density at radius 1 is 1.19 bits per heavy atom. The first-order valence-electron chi connectivity index (χ1n) is 9.38. The van der Waals surface area contributed by atoms with E-state index in [2.05, 4.69) is 48.0 Å². The van der Waals surface area contributed by atoms with E-state index in [0.29, 0.717) is 0 Å². The number of hydrogen-bond donors (Lipinski definition) is 0. The fourth-order valence-electron chi connectivity index (χ4n) is 3.33. The van der Waals surface area contributed by atoms with Gasteiger partial charge in [0, 0.05) is 30.4 Å². The van der Waals surface area contributed by atoms with Crippen LogP contribution in [-0.4, -0.2) is 43.1 Å². The monoisotopic (exact) mass is 351 g/mol. The van der Waals surface area contributed by atoms with Crippen LogP contribution in [0.25, 0.3) is 0 Å². The maximum atomic E-state index is 6.00. The number of nitrogens with zero attached hydrogens (tertiary/aromatic N) is 3. The van der Waals surface area contributed by atoms with Gasteiger partial charge in [0.05, 0.1) is 31.6 Å². The highest BCUT2D eigenvalue weighted by atomic mass is 16.5. The molecule has 5 nitrogen and oxygen atoms in total. The number of rotatable bonds is 5. The summed E-state index contributed by atoms with van der Waals surface area (Å²) in [6, 6.07) is 10.5. The van der Waals surface area contributed by atoms with Crippen LogP contribution in [0.2, 0.25) is 0 Å². The Morgan fingerprint density at radius 3 is 2.85 bits per heavy atom. The minimum Gasteiger partial charge on any atom is -0.491 e. The first-order valence-corrected chi connectivity index (χ1v) is 9.38. The number of ether oxygens (including phenoxy) is 2. The summed E-state index contributed by atoms with van der Waals surface area (Å²) in [7, 11) is 0. The van der Waals surface area contributed by atoms with Gasteiger partial charge in [0.2, 0.25) is 0 Å². The number of fused-ring (bicyclic) bond motifs is 1. The first kappa shape index (κ1) is 17.0. The zero-order valence-electron chi connectivity index (χ0n) is 15.4. The van der Waals surface area contributed by atoms with Crippen LogP contribution >= 0.6 is 0 Å². The van der Waals surface area contributed by atoms with Crippen molar-refractivity contribution in [2.75, 3.05) is 31.2 Å². The molecule has 0 amide bonds. The average Bonchev–Trinajstić information content (AvgIpc) is 3.12. The Bertz CT molecular complexity index is 813. The molecule has 1 unspecified atom stereocenters. The van der Waals surface area contributed by atoms with Gasteiger partial charge in [0.15, 0.2) is 0 Å². The van der Waals surface area contributed by atoms with Crippen LogP contribution < -0.4 is 9.64 Å². The molecule has 2 aliphatic heterocycles. The Morgan fingerprint density at radius 2 is 2.04 bits per heavy atom. The third kappa shape index (κ3) is 3.44. The van der Waals surface area contributed by atoms with Crippen molar-refractivity contribution in [3.05, 3.63) is 53.2 Å². The van der Waals surface area contributed by atoms with E-state index in [0.717, 1.165) is 62.1 Å². The van der Waals surface area contributed by atoms with Crippen LogP contribution in [0.5, 0.6) is 5.75 Å². The standard InChI is InChI=1S/C21H25N3O2/c1-3-15(2)26-18-5-4-17-14-23-21(19(17)13-18)16-6-7-22-20(12-16)24-8-10-25-11-9-24/h4-7,12-13,15H,3,8-11,14H2,1-2H3. The molecule has 0 bridgehead atoms. The third-order valence-electron chi connectivity index (χ3n) is 5.01. The van der Waals surface area contributed by atoms with E-state index in [1.54, 1.807) is 0 Å². The van der Waals surface area contributed by atoms with Crippen LogP contribution in [0.15, 0.2) is 41.5 Å². The second-order valence-electron chi connectivity index (χ2n) is 6.82. The molecule has 2 aliphatic rings. The minimum atomic E-state index is 0.212. The zero-order chi connectivity index (χ0) is 17.9. The lowest BCUT2D eigenvalue weighted by molar-refractivity contribution is 0.122. The number of aromatic nitrogens is 1. The Labute approximate surface area is 154 Å². The summed E-state index contributed by atoms with van der Waals surface area (Å²) in [6.07, 6.45) is 3.08. The van der Waals surface area contributed by atoms with E-state index < -0.39 is 0 Å². The summed E-state index contributed by atoms with van der Waals surface area (Å²) < 4.78 is 11.4. The van der Waals surface area contributed by atoms with Gasteiger partial charge in [-0.3, -0.25) is 4.99 Å². The largest absolute Gasteiger partial charge is 0.491 e. The second kappa shape index (κ2) is 7.46. The minimum absolute atomic E-state index is 0.212. The predicted octanol–water partition coefficient (Wildman–Crippen LogP) is 3.45. The van der Waals surface area contributed by atoms with Crippen molar-refractivity contribution in [2.45, 2.75) is 32.9 Å². The fourth-order valence-corrected chi connectivity index (χ4v) is 3.33. The van der Waals surface area contributed by atoms with Gasteiger partial charge in [-0.1, -0.05) is 13.0 Å². The van der Waals surface area contributed by atoms with Crippen molar-refractivity contribution >= 4 is 11.5 Å².